The summed E-state index contributed by atoms with van der Waals surface area (Å²) in [6.45, 7) is 2.01. The molecule has 0 aromatic carbocycles. The minimum atomic E-state index is -0.794. The van der Waals surface area contributed by atoms with Crippen LogP contribution in [0, 0.1) is 0 Å². The Balaban J connectivity index is 1.52. The third-order valence-electron chi connectivity index (χ3n) is 4.46. The van der Waals surface area contributed by atoms with Gasteiger partial charge in [-0.15, -0.1) is 0 Å². The number of hydrogen-bond donors (Lipinski definition) is 3. The standard InChI is InChI=1S/C17H23N5O3/c1-12(15-21-14(22-25-15)13-5-9-18-10-6-13)20-16(23)19-11-17(24)7-3-2-4-8-17/h5-6,9-10,12,24H,2-4,7-8,11H2,1H3,(H2,19,20,23)/t12-/m0/s1. The van der Waals surface area contributed by atoms with Gasteiger partial charge in [0, 0.05) is 24.5 Å². The minimum Gasteiger partial charge on any atom is -0.388 e. The molecule has 1 saturated carbocycles. The molecule has 0 radical (unpaired) electrons. The van der Waals surface area contributed by atoms with Gasteiger partial charge in [0.05, 0.1) is 5.60 Å². The smallest absolute Gasteiger partial charge is 0.315 e. The molecule has 1 fully saturated rings. The lowest BCUT2D eigenvalue weighted by molar-refractivity contribution is 0.00712. The lowest BCUT2D eigenvalue weighted by Crippen LogP contribution is -2.47. The van der Waals surface area contributed by atoms with Crippen LogP contribution in [-0.2, 0) is 0 Å². The van der Waals surface area contributed by atoms with Crippen LogP contribution in [0.25, 0.3) is 11.4 Å². The van der Waals surface area contributed by atoms with E-state index in [0.29, 0.717) is 11.7 Å². The van der Waals surface area contributed by atoms with Crippen LogP contribution in [-0.4, -0.2) is 38.4 Å². The average Bonchev–Trinajstić information content (AvgIpc) is 3.12. The molecule has 0 saturated heterocycles. The Morgan fingerprint density at radius 1 is 1.32 bits per heavy atom. The maximum absolute atomic E-state index is 12.1. The summed E-state index contributed by atoms with van der Waals surface area (Å²) in [5.74, 6) is 0.765. The summed E-state index contributed by atoms with van der Waals surface area (Å²) >= 11 is 0. The second-order valence-corrected chi connectivity index (χ2v) is 6.53. The van der Waals surface area contributed by atoms with Crippen LogP contribution in [0.15, 0.2) is 29.0 Å². The van der Waals surface area contributed by atoms with E-state index in [1.54, 1.807) is 31.5 Å². The molecule has 134 valence electrons. The van der Waals surface area contributed by atoms with Crippen molar-refractivity contribution in [1.82, 2.24) is 25.8 Å². The number of aromatic nitrogens is 3. The number of nitrogens with zero attached hydrogens (tertiary/aromatic N) is 3. The quantitative estimate of drug-likeness (QED) is 0.765. The van der Waals surface area contributed by atoms with Gasteiger partial charge in [-0.3, -0.25) is 4.98 Å². The predicted octanol–water partition coefficient (Wildman–Crippen LogP) is 2.19. The van der Waals surface area contributed by atoms with Gasteiger partial charge in [-0.2, -0.15) is 4.98 Å². The van der Waals surface area contributed by atoms with E-state index in [1.807, 2.05) is 0 Å². The Hall–Kier alpha value is -2.48. The zero-order chi connectivity index (χ0) is 17.7. The van der Waals surface area contributed by atoms with Crippen molar-refractivity contribution in [3.05, 3.63) is 30.4 Å². The van der Waals surface area contributed by atoms with Crippen molar-refractivity contribution in [2.45, 2.75) is 50.7 Å². The molecule has 2 aromatic heterocycles. The second-order valence-electron chi connectivity index (χ2n) is 6.53. The minimum absolute atomic E-state index is 0.248. The molecule has 1 atom stereocenters. The topological polar surface area (TPSA) is 113 Å². The molecule has 8 nitrogen and oxygen atoms in total. The SMILES string of the molecule is C[C@H](NC(=O)NCC1(O)CCCCC1)c1nc(-c2ccncc2)no1. The van der Waals surface area contributed by atoms with E-state index >= 15 is 0 Å². The largest absolute Gasteiger partial charge is 0.388 e. The summed E-state index contributed by atoms with van der Waals surface area (Å²) in [5.41, 5.74) is -0.00107. The van der Waals surface area contributed by atoms with Crippen LogP contribution in [0.1, 0.15) is 51.0 Å². The fourth-order valence-corrected chi connectivity index (χ4v) is 2.97. The molecule has 2 aromatic rings. The fourth-order valence-electron chi connectivity index (χ4n) is 2.97. The zero-order valence-corrected chi connectivity index (χ0v) is 14.2. The number of hydrogen-bond acceptors (Lipinski definition) is 6. The van der Waals surface area contributed by atoms with Gasteiger partial charge in [0.25, 0.3) is 0 Å². The summed E-state index contributed by atoms with van der Waals surface area (Å²) in [6.07, 6.45) is 7.88. The Labute approximate surface area is 146 Å². The molecular weight excluding hydrogens is 322 g/mol. The van der Waals surface area contributed by atoms with Gasteiger partial charge >= 0.3 is 6.03 Å². The third-order valence-corrected chi connectivity index (χ3v) is 4.46. The predicted molar refractivity (Wildman–Crippen MR) is 90.5 cm³/mol. The van der Waals surface area contributed by atoms with Crippen LogP contribution in [0.4, 0.5) is 4.79 Å². The first-order valence-electron chi connectivity index (χ1n) is 8.56. The van der Waals surface area contributed by atoms with Crippen molar-refractivity contribution < 1.29 is 14.4 Å². The van der Waals surface area contributed by atoms with E-state index in [0.717, 1.165) is 37.7 Å². The normalized spacial score (nSPS) is 17.7. The van der Waals surface area contributed by atoms with Gasteiger partial charge in [0.1, 0.15) is 6.04 Å². The van der Waals surface area contributed by atoms with Crippen molar-refractivity contribution in [3.63, 3.8) is 0 Å². The zero-order valence-electron chi connectivity index (χ0n) is 14.2. The summed E-state index contributed by atoms with van der Waals surface area (Å²) in [6, 6.07) is 2.76. The summed E-state index contributed by atoms with van der Waals surface area (Å²) in [7, 11) is 0. The molecule has 3 rings (SSSR count). The summed E-state index contributed by atoms with van der Waals surface area (Å²) in [4.78, 5) is 20.3. The molecule has 3 N–H and O–H groups in total. The molecule has 1 aliphatic rings. The van der Waals surface area contributed by atoms with E-state index < -0.39 is 11.6 Å². The van der Waals surface area contributed by atoms with Gasteiger partial charge in [-0.1, -0.05) is 24.4 Å². The first kappa shape index (κ1) is 17.3. The monoisotopic (exact) mass is 345 g/mol. The van der Waals surface area contributed by atoms with Crippen molar-refractivity contribution in [2.24, 2.45) is 0 Å². The van der Waals surface area contributed by atoms with E-state index in [1.165, 1.54) is 0 Å². The summed E-state index contributed by atoms with van der Waals surface area (Å²) < 4.78 is 5.22. The van der Waals surface area contributed by atoms with E-state index in [2.05, 4.69) is 25.8 Å². The maximum Gasteiger partial charge on any atom is 0.315 e. The Morgan fingerprint density at radius 3 is 2.76 bits per heavy atom. The molecule has 2 heterocycles. The highest BCUT2D eigenvalue weighted by Gasteiger charge is 2.29. The molecule has 2 amide bonds. The number of rotatable bonds is 5. The molecule has 1 aliphatic carbocycles. The van der Waals surface area contributed by atoms with Crippen molar-refractivity contribution in [2.75, 3.05) is 6.54 Å². The van der Waals surface area contributed by atoms with Gasteiger partial charge in [0.2, 0.25) is 11.7 Å². The lowest BCUT2D eigenvalue weighted by Gasteiger charge is -2.32. The molecule has 0 aliphatic heterocycles. The third kappa shape index (κ3) is 4.54. The van der Waals surface area contributed by atoms with E-state index in [4.69, 9.17) is 4.52 Å². The number of nitrogens with one attached hydrogen (secondary N) is 2. The number of amides is 2. The van der Waals surface area contributed by atoms with Crippen LogP contribution in [0.5, 0.6) is 0 Å². The first-order valence-corrected chi connectivity index (χ1v) is 8.56. The Kier molecular flexibility index (Phi) is 5.28. The van der Waals surface area contributed by atoms with E-state index in [-0.39, 0.29) is 12.6 Å². The van der Waals surface area contributed by atoms with Crippen LogP contribution in [0.2, 0.25) is 0 Å². The molecule has 0 bridgehead atoms. The van der Waals surface area contributed by atoms with Gasteiger partial charge in [-0.25, -0.2) is 4.79 Å². The number of aliphatic hydroxyl groups is 1. The second kappa shape index (κ2) is 7.60. The molecule has 8 heteroatoms. The number of pyridine rings is 1. The van der Waals surface area contributed by atoms with Crippen molar-refractivity contribution in [1.29, 1.82) is 0 Å². The lowest BCUT2D eigenvalue weighted by atomic mass is 9.85. The van der Waals surface area contributed by atoms with Crippen LogP contribution < -0.4 is 10.6 Å². The van der Waals surface area contributed by atoms with Crippen LogP contribution in [0.3, 0.4) is 0 Å². The van der Waals surface area contributed by atoms with Crippen molar-refractivity contribution >= 4 is 6.03 Å². The van der Waals surface area contributed by atoms with E-state index in [9.17, 15) is 9.90 Å². The first-order chi connectivity index (χ1) is 12.1. The highest BCUT2D eigenvalue weighted by molar-refractivity contribution is 5.74. The Bertz CT molecular complexity index is 697. The molecule has 25 heavy (non-hydrogen) atoms. The molecular formula is C17H23N5O3. The number of urea groups is 1. The van der Waals surface area contributed by atoms with Gasteiger partial charge < -0.3 is 20.3 Å². The van der Waals surface area contributed by atoms with Gasteiger partial charge in [-0.05, 0) is 31.9 Å². The fraction of sp³-hybridized carbons (Fsp3) is 0.529. The van der Waals surface area contributed by atoms with Gasteiger partial charge in [0.15, 0.2) is 0 Å². The highest BCUT2D eigenvalue weighted by Crippen LogP contribution is 2.27. The van der Waals surface area contributed by atoms with Crippen LogP contribution >= 0.6 is 0 Å². The maximum atomic E-state index is 12.1. The molecule has 0 spiro atoms. The number of carbonyl (C=O) groups is 1. The highest BCUT2D eigenvalue weighted by atomic mass is 16.5. The number of carbonyl (C=O) groups excluding carboxylic acids is 1. The molecule has 0 unspecified atom stereocenters. The van der Waals surface area contributed by atoms with Crippen molar-refractivity contribution in [3.8, 4) is 11.4 Å². The average molecular weight is 345 g/mol. The Morgan fingerprint density at radius 2 is 2.04 bits per heavy atom. The summed E-state index contributed by atoms with van der Waals surface area (Å²) in [5, 5.41) is 19.8.